The predicted octanol–water partition coefficient (Wildman–Crippen LogP) is 1.75. The SMILES string of the molecule is C[C@H]1C[C@H](OC(=O)c2ccc(N(C)C)c(F)c2)C(=O)O1. The number of anilines is 1. The van der Waals surface area contributed by atoms with Crippen molar-refractivity contribution in [1.29, 1.82) is 0 Å². The number of ether oxygens (including phenoxy) is 2. The largest absolute Gasteiger partial charge is 0.460 e. The Morgan fingerprint density at radius 2 is 2.15 bits per heavy atom. The molecule has 5 nitrogen and oxygen atoms in total. The zero-order chi connectivity index (χ0) is 14.9. The van der Waals surface area contributed by atoms with Gasteiger partial charge in [-0.15, -0.1) is 0 Å². The van der Waals surface area contributed by atoms with E-state index in [1.807, 2.05) is 0 Å². The molecular weight excluding hydrogens is 265 g/mol. The molecule has 0 aliphatic carbocycles. The first-order valence-corrected chi connectivity index (χ1v) is 6.27. The van der Waals surface area contributed by atoms with Gasteiger partial charge >= 0.3 is 11.9 Å². The highest BCUT2D eigenvalue weighted by Crippen LogP contribution is 2.21. The first-order chi connectivity index (χ1) is 9.38. The molecule has 1 aliphatic heterocycles. The smallest absolute Gasteiger partial charge is 0.347 e. The number of cyclic esters (lactones) is 1. The fraction of sp³-hybridized carbons (Fsp3) is 0.429. The normalized spacial score (nSPS) is 21.5. The average Bonchev–Trinajstić information content (AvgIpc) is 2.67. The summed E-state index contributed by atoms with van der Waals surface area (Å²) in [4.78, 5) is 24.9. The minimum atomic E-state index is -0.908. The molecule has 0 radical (unpaired) electrons. The fourth-order valence-corrected chi connectivity index (χ4v) is 2.01. The minimum absolute atomic E-state index is 0.0699. The number of carbonyl (C=O) groups is 2. The van der Waals surface area contributed by atoms with Gasteiger partial charge in [-0.1, -0.05) is 0 Å². The first kappa shape index (κ1) is 14.3. The molecule has 2 atom stereocenters. The fourth-order valence-electron chi connectivity index (χ4n) is 2.01. The van der Waals surface area contributed by atoms with Crippen molar-refractivity contribution in [2.45, 2.75) is 25.6 Å². The van der Waals surface area contributed by atoms with Crippen molar-refractivity contribution >= 4 is 17.6 Å². The molecule has 108 valence electrons. The maximum atomic E-state index is 13.8. The van der Waals surface area contributed by atoms with E-state index in [0.29, 0.717) is 12.1 Å². The van der Waals surface area contributed by atoms with Crippen LogP contribution in [0.15, 0.2) is 18.2 Å². The van der Waals surface area contributed by atoms with E-state index in [4.69, 9.17) is 9.47 Å². The zero-order valence-electron chi connectivity index (χ0n) is 11.6. The van der Waals surface area contributed by atoms with Crippen LogP contribution >= 0.6 is 0 Å². The summed E-state index contributed by atoms with van der Waals surface area (Å²) in [5.74, 6) is -1.81. The second kappa shape index (κ2) is 5.48. The van der Waals surface area contributed by atoms with Crippen LogP contribution in [0.4, 0.5) is 10.1 Å². The van der Waals surface area contributed by atoms with Crippen LogP contribution in [0.5, 0.6) is 0 Å². The van der Waals surface area contributed by atoms with Crippen LogP contribution in [0.2, 0.25) is 0 Å². The summed E-state index contributed by atoms with van der Waals surface area (Å²) in [6, 6.07) is 4.05. The van der Waals surface area contributed by atoms with Gasteiger partial charge in [-0.2, -0.15) is 0 Å². The molecular formula is C14H16FNO4. The lowest BCUT2D eigenvalue weighted by atomic mass is 10.2. The van der Waals surface area contributed by atoms with E-state index in [1.165, 1.54) is 12.1 Å². The summed E-state index contributed by atoms with van der Waals surface area (Å²) < 4.78 is 23.7. The van der Waals surface area contributed by atoms with Crippen molar-refractivity contribution in [3.63, 3.8) is 0 Å². The molecule has 1 heterocycles. The molecule has 0 spiro atoms. The van der Waals surface area contributed by atoms with Gasteiger partial charge in [0, 0.05) is 20.5 Å². The van der Waals surface area contributed by atoms with Gasteiger partial charge in [-0.3, -0.25) is 0 Å². The third-order valence-corrected chi connectivity index (χ3v) is 3.04. The van der Waals surface area contributed by atoms with Crippen LogP contribution < -0.4 is 4.90 Å². The lowest BCUT2D eigenvalue weighted by molar-refractivity contribution is -0.147. The Kier molecular flexibility index (Phi) is 3.92. The Morgan fingerprint density at radius 1 is 1.45 bits per heavy atom. The monoisotopic (exact) mass is 281 g/mol. The molecule has 20 heavy (non-hydrogen) atoms. The van der Waals surface area contributed by atoms with Crippen LogP contribution in [0.1, 0.15) is 23.7 Å². The van der Waals surface area contributed by atoms with E-state index in [-0.39, 0.29) is 11.7 Å². The van der Waals surface area contributed by atoms with Gasteiger partial charge in [0.1, 0.15) is 11.9 Å². The standard InChI is InChI=1S/C14H16FNO4/c1-8-6-12(14(18)19-8)20-13(17)9-4-5-11(16(2)3)10(15)7-9/h4-5,7-8,12H,6H2,1-3H3/t8-,12-/m0/s1. The quantitative estimate of drug-likeness (QED) is 0.790. The summed E-state index contributed by atoms with van der Waals surface area (Å²) in [6.45, 7) is 1.72. The molecule has 1 aromatic carbocycles. The molecule has 1 saturated heterocycles. The van der Waals surface area contributed by atoms with Gasteiger partial charge in [0.25, 0.3) is 0 Å². The number of hydrogen-bond acceptors (Lipinski definition) is 5. The van der Waals surface area contributed by atoms with Crippen LogP contribution in [-0.2, 0) is 14.3 Å². The molecule has 0 aromatic heterocycles. The molecule has 0 unspecified atom stereocenters. The van der Waals surface area contributed by atoms with E-state index in [1.54, 1.807) is 25.9 Å². The van der Waals surface area contributed by atoms with Gasteiger partial charge in [-0.25, -0.2) is 14.0 Å². The van der Waals surface area contributed by atoms with Gasteiger partial charge in [0.2, 0.25) is 6.10 Å². The van der Waals surface area contributed by atoms with Crippen molar-refractivity contribution in [3.8, 4) is 0 Å². The number of esters is 2. The number of hydrogen-bond donors (Lipinski definition) is 0. The zero-order valence-corrected chi connectivity index (χ0v) is 11.6. The van der Waals surface area contributed by atoms with Crippen LogP contribution in [-0.4, -0.2) is 38.2 Å². The van der Waals surface area contributed by atoms with Gasteiger partial charge in [0.15, 0.2) is 0 Å². The number of carbonyl (C=O) groups excluding carboxylic acids is 2. The second-order valence-corrected chi connectivity index (χ2v) is 4.94. The summed E-state index contributed by atoms with van der Waals surface area (Å²) >= 11 is 0. The van der Waals surface area contributed by atoms with E-state index in [2.05, 4.69) is 0 Å². The number of rotatable bonds is 3. The van der Waals surface area contributed by atoms with Crippen LogP contribution in [0.3, 0.4) is 0 Å². The lowest BCUT2D eigenvalue weighted by Gasteiger charge is -2.14. The topological polar surface area (TPSA) is 55.8 Å². The van der Waals surface area contributed by atoms with Crippen molar-refractivity contribution in [1.82, 2.24) is 0 Å². The number of benzene rings is 1. The Labute approximate surface area is 116 Å². The summed E-state index contributed by atoms with van der Waals surface area (Å²) in [7, 11) is 3.40. The summed E-state index contributed by atoms with van der Waals surface area (Å²) in [6.07, 6.45) is -0.856. The molecule has 1 aliphatic rings. The highest BCUT2D eigenvalue weighted by molar-refractivity contribution is 5.92. The first-order valence-electron chi connectivity index (χ1n) is 6.27. The van der Waals surface area contributed by atoms with Gasteiger partial charge in [0.05, 0.1) is 11.3 Å². The Bertz CT molecular complexity index is 544. The van der Waals surface area contributed by atoms with Gasteiger partial charge in [-0.05, 0) is 25.1 Å². The molecule has 1 aromatic rings. The number of halogens is 1. The van der Waals surface area contributed by atoms with Crippen LogP contribution in [0, 0.1) is 5.82 Å². The minimum Gasteiger partial charge on any atom is -0.460 e. The molecule has 0 N–H and O–H groups in total. The van der Waals surface area contributed by atoms with Crippen molar-refractivity contribution in [2.24, 2.45) is 0 Å². The summed E-state index contributed by atoms with van der Waals surface area (Å²) in [5.41, 5.74) is 0.441. The lowest BCUT2D eigenvalue weighted by Crippen LogP contribution is -2.23. The average molecular weight is 281 g/mol. The predicted molar refractivity (Wildman–Crippen MR) is 70.1 cm³/mol. The molecule has 1 fully saturated rings. The Balaban J connectivity index is 2.10. The maximum Gasteiger partial charge on any atom is 0.347 e. The number of nitrogens with zero attached hydrogens (tertiary/aromatic N) is 1. The third-order valence-electron chi connectivity index (χ3n) is 3.04. The molecule has 0 saturated carbocycles. The summed E-state index contributed by atoms with van der Waals surface area (Å²) in [5, 5.41) is 0. The molecule has 2 rings (SSSR count). The van der Waals surface area contributed by atoms with E-state index < -0.39 is 23.9 Å². The van der Waals surface area contributed by atoms with E-state index in [9.17, 15) is 14.0 Å². The Morgan fingerprint density at radius 3 is 2.65 bits per heavy atom. The van der Waals surface area contributed by atoms with Crippen molar-refractivity contribution < 1.29 is 23.5 Å². The molecule has 0 bridgehead atoms. The van der Waals surface area contributed by atoms with Crippen molar-refractivity contribution in [2.75, 3.05) is 19.0 Å². The molecule has 0 amide bonds. The van der Waals surface area contributed by atoms with Crippen molar-refractivity contribution in [3.05, 3.63) is 29.6 Å². The molecule has 6 heteroatoms. The maximum absolute atomic E-state index is 13.8. The Hall–Kier alpha value is -2.11. The third kappa shape index (κ3) is 2.89. The van der Waals surface area contributed by atoms with E-state index >= 15 is 0 Å². The highest BCUT2D eigenvalue weighted by atomic mass is 19.1. The second-order valence-electron chi connectivity index (χ2n) is 4.94. The highest BCUT2D eigenvalue weighted by Gasteiger charge is 2.35. The van der Waals surface area contributed by atoms with Gasteiger partial charge < -0.3 is 14.4 Å². The van der Waals surface area contributed by atoms with E-state index in [0.717, 1.165) is 6.07 Å². The van der Waals surface area contributed by atoms with Crippen LogP contribution in [0.25, 0.3) is 0 Å².